The number of ether oxygens (including phenoxy) is 1. The van der Waals surface area contributed by atoms with Gasteiger partial charge in [-0.05, 0) is 48.9 Å². The number of nitrogens with zero attached hydrogens (tertiary/aromatic N) is 1. The van der Waals surface area contributed by atoms with Crippen molar-refractivity contribution in [2.45, 2.75) is 6.92 Å². The van der Waals surface area contributed by atoms with Gasteiger partial charge >= 0.3 is 0 Å². The van der Waals surface area contributed by atoms with Crippen LogP contribution in [0.2, 0.25) is 15.1 Å². The Bertz CT molecular complexity index is 959. The number of thiazole rings is 1. The third-order valence-electron chi connectivity index (χ3n) is 3.45. The second-order valence-corrected chi connectivity index (χ2v) is 7.55. The molecule has 0 bridgehead atoms. The van der Waals surface area contributed by atoms with Crippen LogP contribution in [0, 0.1) is 6.92 Å². The first kappa shape index (κ1) is 19.0. The van der Waals surface area contributed by atoms with E-state index >= 15 is 0 Å². The number of aromatic nitrogens is 1. The molecule has 0 atom stereocenters. The van der Waals surface area contributed by atoms with Gasteiger partial charge in [0.2, 0.25) is 0 Å². The van der Waals surface area contributed by atoms with Gasteiger partial charge in [-0.15, -0.1) is 11.3 Å². The first-order chi connectivity index (χ1) is 12.4. The van der Waals surface area contributed by atoms with E-state index < -0.39 is 0 Å². The van der Waals surface area contributed by atoms with Gasteiger partial charge in [-0.25, -0.2) is 4.98 Å². The molecule has 134 valence electrons. The number of aryl methyl sites for hydroxylation is 1. The van der Waals surface area contributed by atoms with Crippen molar-refractivity contribution in [3.05, 3.63) is 62.4 Å². The number of hydrogen-bond donors (Lipinski definition) is 1. The van der Waals surface area contributed by atoms with Crippen molar-refractivity contribution in [2.75, 3.05) is 11.9 Å². The highest BCUT2D eigenvalue weighted by molar-refractivity contribution is 7.14. The third kappa shape index (κ3) is 4.68. The fourth-order valence-corrected chi connectivity index (χ4v) is 3.68. The Morgan fingerprint density at radius 1 is 1.15 bits per heavy atom. The van der Waals surface area contributed by atoms with E-state index in [9.17, 15) is 4.79 Å². The minimum absolute atomic E-state index is 0.126. The largest absolute Gasteiger partial charge is 0.483 e. The molecule has 0 aliphatic rings. The first-order valence-corrected chi connectivity index (χ1v) is 9.53. The smallest absolute Gasteiger partial charge is 0.264 e. The number of benzene rings is 2. The number of carbonyl (C=O) groups excluding carboxylic acids is 1. The van der Waals surface area contributed by atoms with Crippen molar-refractivity contribution in [1.29, 1.82) is 0 Å². The molecule has 0 saturated carbocycles. The van der Waals surface area contributed by atoms with Gasteiger partial charge in [-0.2, -0.15) is 0 Å². The van der Waals surface area contributed by atoms with E-state index in [4.69, 9.17) is 39.5 Å². The molecule has 2 aromatic carbocycles. The van der Waals surface area contributed by atoms with Gasteiger partial charge in [-0.3, -0.25) is 10.1 Å². The molecule has 0 aliphatic heterocycles. The summed E-state index contributed by atoms with van der Waals surface area (Å²) in [6.07, 6.45) is 0. The Hall–Kier alpha value is -1.79. The molecular formula is C18H13Cl3N2O2S. The van der Waals surface area contributed by atoms with Crippen LogP contribution in [0.1, 0.15) is 5.56 Å². The normalized spacial score (nSPS) is 10.6. The highest BCUT2D eigenvalue weighted by atomic mass is 35.5. The minimum Gasteiger partial charge on any atom is -0.483 e. The Balaban J connectivity index is 1.62. The first-order valence-electron chi connectivity index (χ1n) is 7.52. The molecule has 0 saturated heterocycles. The van der Waals surface area contributed by atoms with E-state index in [0.717, 1.165) is 11.1 Å². The molecule has 3 rings (SSSR count). The molecule has 0 aliphatic carbocycles. The van der Waals surface area contributed by atoms with Crippen molar-refractivity contribution < 1.29 is 9.53 Å². The molecule has 0 unspecified atom stereocenters. The van der Waals surface area contributed by atoms with Crippen LogP contribution in [0.25, 0.3) is 11.3 Å². The van der Waals surface area contributed by atoms with E-state index in [-0.39, 0.29) is 12.5 Å². The highest BCUT2D eigenvalue weighted by Gasteiger charge is 2.12. The number of nitrogens with one attached hydrogen (secondary N) is 1. The molecule has 8 heteroatoms. The van der Waals surface area contributed by atoms with Crippen LogP contribution in [0.5, 0.6) is 5.75 Å². The van der Waals surface area contributed by atoms with Crippen LogP contribution >= 0.6 is 46.1 Å². The summed E-state index contributed by atoms with van der Waals surface area (Å²) in [5.41, 5.74) is 2.28. The lowest BCUT2D eigenvalue weighted by atomic mass is 10.2. The minimum atomic E-state index is -0.303. The zero-order valence-corrected chi connectivity index (χ0v) is 16.6. The summed E-state index contributed by atoms with van der Waals surface area (Å²) in [6, 6.07) is 10.4. The summed E-state index contributed by atoms with van der Waals surface area (Å²) in [5.74, 6) is 0.305. The maximum absolute atomic E-state index is 12.1. The zero-order chi connectivity index (χ0) is 18.7. The van der Waals surface area contributed by atoms with E-state index in [1.54, 1.807) is 36.4 Å². The average Bonchev–Trinajstić information content (AvgIpc) is 3.02. The van der Waals surface area contributed by atoms with Crippen LogP contribution < -0.4 is 10.1 Å². The summed E-state index contributed by atoms with van der Waals surface area (Å²) in [4.78, 5) is 16.5. The van der Waals surface area contributed by atoms with E-state index in [0.29, 0.717) is 31.6 Å². The third-order valence-corrected chi connectivity index (χ3v) is 4.99. The predicted molar refractivity (Wildman–Crippen MR) is 108 cm³/mol. The SMILES string of the molecule is Cc1cc(Cl)ccc1OCC(=O)Nc1nc(-c2ccc(Cl)cc2Cl)cs1. The highest BCUT2D eigenvalue weighted by Crippen LogP contribution is 2.32. The number of rotatable bonds is 5. The number of anilines is 1. The Morgan fingerprint density at radius 3 is 2.62 bits per heavy atom. The van der Waals surface area contributed by atoms with Crippen LogP contribution in [0.15, 0.2) is 41.8 Å². The number of hydrogen-bond acceptors (Lipinski definition) is 4. The van der Waals surface area contributed by atoms with Gasteiger partial charge in [0.15, 0.2) is 11.7 Å². The lowest BCUT2D eigenvalue weighted by Crippen LogP contribution is -2.20. The van der Waals surface area contributed by atoms with Crippen molar-refractivity contribution in [3.8, 4) is 17.0 Å². The molecule has 0 spiro atoms. The maximum atomic E-state index is 12.1. The quantitative estimate of drug-likeness (QED) is 0.535. The number of carbonyl (C=O) groups is 1. The molecule has 1 N–H and O–H groups in total. The molecule has 1 amide bonds. The fraction of sp³-hybridized carbons (Fsp3) is 0.111. The van der Waals surface area contributed by atoms with Crippen LogP contribution in [0.3, 0.4) is 0 Å². The second-order valence-electron chi connectivity index (χ2n) is 5.41. The summed E-state index contributed by atoms with van der Waals surface area (Å²) < 4.78 is 5.52. The van der Waals surface area contributed by atoms with Gasteiger partial charge in [0, 0.05) is 21.0 Å². The van der Waals surface area contributed by atoms with Crippen LogP contribution in [-0.4, -0.2) is 17.5 Å². The monoisotopic (exact) mass is 426 g/mol. The molecule has 0 radical (unpaired) electrons. The van der Waals surface area contributed by atoms with Crippen LogP contribution in [-0.2, 0) is 4.79 Å². The Morgan fingerprint density at radius 2 is 1.88 bits per heavy atom. The van der Waals surface area contributed by atoms with Crippen molar-refractivity contribution >= 4 is 57.2 Å². The lowest BCUT2D eigenvalue weighted by molar-refractivity contribution is -0.118. The molecule has 1 aromatic heterocycles. The number of halogens is 3. The molecule has 3 aromatic rings. The number of amides is 1. The van der Waals surface area contributed by atoms with Crippen molar-refractivity contribution in [3.63, 3.8) is 0 Å². The molecule has 1 heterocycles. The summed E-state index contributed by atoms with van der Waals surface area (Å²) in [5, 5.41) is 6.67. The average molecular weight is 428 g/mol. The lowest BCUT2D eigenvalue weighted by Gasteiger charge is -2.08. The molecule has 26 heavy (non-hydrogen) atoms. The van der Waals surface area contributed by atoms with Gasteiger partial charge < -0.3 is 4.74 Å². The zero-order valence-electron chi connectivity index (χ0n) is 13.6. The second kappa shape index (κ2) is 8.27. The van der Waals surface area contributed by atoms with E-state index in [1.165, 1.54) is 11.3 Å². The van der Waals surface area contributed by atoms with Gasteiger partial charge in [0.1, 0.15) is 5.75 Å². The topological polar surface area (TPSA) is 51.2 Å². The van der Waals surface area contributed by atoms with Crippen molar-refractivity contribution in [1.82, 2.24) is 4.98 Å². The molecule has 4 nitrogen and oxygen atoms in total. The van der Waals surface area contributed by atoms with Crippen molar-refractivity contribution in [2.24, 2.45) is 0 Å². The summed E-state index contributed by atoms with van der Waals surface area (Å²) in [7, 11) is 0. The predicted octanol–water partition coefficient (Wildman–Crippen LogP) is 6.10. The fourth-order valence-electron chi connectivity index (χ4n) is 2.23. The van der Waals surface area contributed by atoms with E-state index in [2.05, 4.69) is 10.3 Å². The van der Waals surface area contributed by atoms with Gasteiger partial charge in [0.25, 0.3) is 5.91 Å². The Kier molecular flexibility index (Phi) is 6.04. The standard InChI is InChI=1S/C18H13Cl3N2O2S/c1-10-6-11(19)3-5-16(10)25-8-17(24)23-18-22-15(9-26-18)13-4-2-12(20)7-14(13)21/h2-7,9H,8H2,1H3,(H,22,23,24). The molecule has 0 fully saturated rings. The van der Waals surface area contributed by atoms with Gasteiger partial charge in [-0.1, -0.05) is 34.8 Å². The Labute approximate surface area is 169 Å². The summed E-state index contributed by atoms with van der Waals surface area (Å²) >= 11 is 19.3. The van der Waals surface area contributed by atoms with Gasteiger partial charge in [0.05, 0.1) is 10.7 Å². The molecular weight excluding hydrogens is 415 g/mol. The maximum Gasteiger partial charge on any atom is 0.264 e. The van der Waals surface area contributed by atoms with Crippen LogP contribution in [0.4, 0.5) is 5.13 Å². The van der Waals surface area contributed by atoms with E-state index in [1.807, 2.05) is 12.3 Å². The summed E-state index contributed by atoms with van der Waals surface area (Å²) in [6.45, 7) is 1.74.